The van der Waals surface area contributed by atoms with Crippen molar-refractivity contribution in [1.82, 2.24) is 10.3 Å². The van der Waals surface area contributed by atoms with Crippen molar-refractivity contribution in [2.24, 2.45) is 0 Å². The second-order valence-corrected chi connectivity index (χ2v) is 8.55. The van der Waals surface area contributed by atoms with Crippen molar-refractivity contribution >= 4 is 15.4 Å². The van der Waals surface area contributed by atoms with Crippen LogP contribution in [0.2, 0.25) is 0 Å². The van der Waals surface area contributed by atoms with Gasteiger partial charge in [-0.15, -0.1) is 0 Å². The van der Waals surface area contributed by atoms with Crippen LogP contribution < -0.4 is 5.32 Å². The van der Waals surface area contributed by atoms with Crippen molar-refractivity contribution in [2.75, 3.05) is 12.8 Å². The third-order valence-electron chi connectivity index (χ3n) is 4.44. The molecule has 120 valence electrons. The van der Waals surface area contributed by atoms with E-state index in [2.05, 4.69) is 40.6 Å². The van der Waals surface area contributed by atoms with Crippen LogP contribution in [-0.2, 0) is 9.84 Å². The largest absolute Gasteiger partial charge is 0.295 e. The summed E-state index contributed by atoms with van der Waals surface area (Å²) in [6.45, 7) is 2.31. The normalized spacial score (nSPS) is 21.7. The fraction of sp³-hybridized carbons (Fsp3) is 0.278. The van der Waals surface area contributed by atoms with E-state index in [9.17, 15) is 8.42 Å². The summed E-state index contributed by atoms with van der Waals surface area (Å²) in [6, 6.07) is 12.2. The summed E-state index contributed by atoms with van der Waals surface area (Å²) < 4.78 is 24.1. The molecule has 1 unspecified atom stereocenters. The quantitative estimate of drug-likeness (QED) is 0.941. The standard InChI is InChI=1S/C18H20N2O2S/c1-18(23(2,21)22)13-17(9-12-20-18)15-5-3-14(4-6-15)16-7-10-19-11-8-16/h3-11,20H,12-13H2,1-2H3. The highest BCUT2D eigenvalue weighted by Crippen LogP contribution is 2.32. The Bertz CT molecular complexity index is 827. The first-order valence-corrected chi connectivity index (χ1v) is 9.43. The molecule has 1 aliphatic rings. The number of sulfone groups is 1. The monoisotopic (exact) mass is 328 g/mol. The minimum absolute atomic E-state index is 0.473. The van der Waals surface area contributed by atoms with E-state index in [1.54, 1.807) is 19.3 Å². The minimum atomic E-state index is -3.18. The molecule has 0 bridgehead atoms. The molecule has 0 amide bonds. The van der Waals surface area contributed by atoms with Crippen LogP contribution in [-0.4, -0.2) is 31.1 Å². The highest BCUT2D eigenvalue weighted by atomic mass is 32.2. The molecular formula is C18H20N2O2S. The Balaban J connectivity index is 1.87. The molecule has 1 atom stereocenters. The van der Waals surface area contributed by atoms with Crippen molar-refractivity contribution < 1.29 is 8.42 Å². The molecule has 1 aromatic heterocycles. The van der Waals surface area contributed by atoms with Crippen LogP contribution in [0.25, 0.3) is 16.7 Å². The molecule has 0 spiro atoms. The Morgan fingerprint density at radius 3 is 2.17 bits per heavy atom. The molecule has 1 aliphatic heterocycles. The van der Waals surface area contributed by atoms with Crippen molar-refractivity contribution in [3.63, 3.8) is 0 Å². The topological polar surface area (TPSA) is 59.1 Å². The third-order valence-corrected chi connectivity index (χ3v) is 6.37. The first-order valence-electron chi connectivity index (χ1n) is 7.54. The number of hydrogen-bond donors (Lipinski definition) is 1. The van der Waals surface area contributed by atoms with Gasteiger partial charge in [0, 0.05) is 31.6 Å². The number of nitrogens with one attached hydrogen (secondary N) is 1. The predicted molar refractivity (Wildman–Crippen MR) is 93.5 cm³/mol. The van der Waals surface area contributed by atoms with Crippen LogP contribution in [0.4, 0.5) is 0 Å². The van der Waals surface area contributed by atoms with Gasteiger partial charge in [0.15, 0.2) is 9.84 Å². The molecule has 5 heteroatoms. The van der Waals surface area contributed by atoms with Crippen molar-refractivity contribution in [2.45, 2.75) is 18.2 Å². The molecule has 4 nitrogen and oxygen atoms in total. The zero-order chi connectivity index (χ0) is 16.5. The highest BCUT2D eigenvalue weighted by Gasteiger charge is 2.37. The number of hydrogen-bond acceptors (Lipinski definition) is 4. The summed E-state index contributed by atoms with van der Waals surface area (Å²) in [5.74, 6) is 0. The average Bonchev–Trinajstić information content (AvgIpc) is 2.55. The molecule has 3 rings (SSSR count). The molecule has 0 saturated carbocycles. The fourth-order valence-electron chi connectivity index (χ4n) is 2.79. The maximum Gasteiger partial charge on any atom is 0.166 e. The molecule has 0 aliphatic carbocycles. The summed E-state index contributed by atoms with van der Waals surface area (Å²) >= 11 is 0. The third kappa shape index (κ3) is 3.21. The van der Waals surface area contributed by atoms with Gasteiger partial charge in [-0.25, -0.2) is 8.42 Å². The lowest BCUT2D eigenvalue weighted by atomic mass is 9.94. The molecule has 1 N–H and O–H groups in total. The van der Waals surface area contributed by atoms with Gasteiger partial charge in [-0.3, -0.25) is 10.3 Å². The lowest BCUT2D eigenvalue weighted by molar-refractivity contribution is 0.470. The van der Waals surface area contributed by atoms with Gasteiger partial charge in [0.25, 0.3) is 0 Å². The highest BCUT2D eigenvalue weighted by molar-refractivity contribution is 7.92. The van der Waals surface area contributed by atoms with Crippen LogP contribution in [0.1, 0.15) is 18.9 Å². The molecule has 0 fully saturated rings. The van der Waals surface area contributed by atoms with Gasteiger partial charge in [-0.2, -0.15) is 0 Å². The smallest absolute Gasteiger partial charge is 0.166 e. The average molecular weight is 328 g/mol. The van der Waals surface area contributed by atoms with E-state index >= 15 is 0 Å². The summed E-state index contributed by atoms with van der Waals surface area (Å²) in [5, 5.41) is 3.10. The second kappa shape index (κ2) is 5.91. The SMILES string of the molecule is CC1(S(C)(=O)=O)CC(c2ccc(-c3ccncc3)cc2)=CCN1. The van der Waals surface area contributed by atoms with E-state index in [0.29, 0.717) is 13.0 Å². The maximum absolute atomic E-state index is 12.0. The van der Waals surface area contributed by atoms with E-state index in [1.807, 2.05) is 12.1 Å². The molecule has 23 heavy (non-hydrogen) atoms. The lowest BCUT2D eigenvalue weighted by Gasteiger charge is -2.33. The Kier molecular flexibility index (Phi) is 4.08. The van der Waals surface area contributed by atoms with Crippen LogP contribution in [0.5, 0.6) is 0 Å². The maximum atomic E-state index is 12.0. The summed E-state index contributed by atoms with van der Waals surface area (Å²) in [6.07, 6.45) is 7.37. The molecule has 0 saturated heterocycles. The first kappa shape index (κ1) is 15.9. The van der Waals surface area contributed by atoms with Gasteiger partial charge in [-0.05, 0) is 41.3 Å². The predicted octanol–water partition coefficient (Wildman–Crippen LogP) is 2.89. The molecule has 0 radical (unpaired) electrons. The van der Waals surface area contributed by atoms with Crippen LogP contribution in [0, 0.1) is 0 Å². The number of aromatic nitrogens is 1. The van der Waals surface area contributed by atoms with Crippen molar-refractivity contribution in [1.29, 1.82) is 0 Å². The van der Waals surface area contributed by atoms with Crippen LogP contribution >= 0.6 is 0 Å². The van der Waals surface area contributed by atoms with E-state index in [4.69, 9.17) is 0 Å². The van der Waals surface area contributed by atoms with Crippen molar-refractivity contribution in [3.05, 3.63) is 60.4 Å². The molecule has 1 aromatic carbocycles. The fourth-order valence-corrected chi connectivity index (χ4v) is 3.55. The van der Waals surface area contributed by atoms with Crippen LogP contribution in [0.3, 0.4) is 0 Å². The molecule has 2 heterocycles. The Morgan fingerprint density at radius 2 is 1.57 bits per heavy atom. The Labute approximate surface area is 137 Å². The summed E-state index contributed by atoms with van der Waals surface area (Å²) in [5.41, 5.74) is 4.38. The molecular weight excluding hydrogens is 308 g/mol. The number of rotatable bonds is 3. The second-order valence-electron chi connectivity index (χ2n) is 6.10. The Morgan fingerprint density at radius 1 is 1.00 bits per heavy atom. The van der Waals surface area contributed by atoms with Crippen LogP contribution in [0.15, 0.2) is 54.9 Å². The summed E-state index contributed by atoms with van der Waals surface area (Å²) in [4.78, 5) is 3.13. The lowest BCUT2D eigenvalue weighted by Crippen LogP contribution is -2.50. The van der Waals surface area contributed by atoms with Gasteiger partial charge in [-0.1, -0.05) is 30.3 Å². The van der Waals surface area contributed by atoms with Gasteiger partial charge in [0.1, 0.15) is 4.87 Å². The van der Waals surface area contributed by atoms with E-state index < -0.39 is 14.7 Å². The van der Waals surface area contributed by atoms with Gasteiger partial charge >= 0.3 is 0 Å². The van der Waals surface area contributed by atoms with Crippen molar-refractivity contribution in [3.8, 4) is 11.1 Å². The molecule has 2 aromatic rings. The zero-order valence-corrected chi connectivity index (χ0v) is 14.1. The van der Waals surface area contributed by atoms with Gasteiger partial charge in [0.05, 0.1) is 0 Å². The number of benzene rings is 1. The first-order chi connectivity index (χ1) is 10.9. The van der Waals surface area contributed by atoms with E-state index in [-0.39, 0.29) is 0 Å². The number of pyridine rings is 1. The number of nitrogens with zero attached hydrogens (tertiary/aromatic N) is 1. The Hall–Kier alpha value is -1.98. The summed E-state index contributed by atoms with van der Waals surface area (Å²) in [7, 11) is -3.18. The van der Waals surface area contributed by atoms with Gasteiger partial charge in [0.2, 0.25) is 0 Å². The van der Waals surface area contributed by atoms with E-state index in [1.165, 1.54) is 6.26 Å². The minimum Gasteiger partial charge on any atom is -0.295 e. The van der Waals surface area contributed by atoms with E-state index in [0.717, 1.165) is 22.3 Å². The van der Waals surface area contributed by atoms with Gasteiger partial charge < -0.3 is 0 Å². The zero-order valence-electron chi connectivity index (χ0n) is 13.3.